The summed E-state index contributed by atoms with van der Waals surface area (Å²) in [5, 5.41) is 9.71. The number of benzene rings is 2. The SMILES string of the molecule is COCc1cc(CN2CCN(Cc3ccc(OC)c(C)c3C)[C@@H](CCO)C2)ccc1OC. The number of aliphatic hydroxyl groups excluding tert-OH is 1. The Morgan fingerprint density at radius 2 is 1.66 bits per heavy atom. The molecule has 1 aliphatic heterocycles. The van der Waals surface area contributed by atoms with E-state index >= 15 is 0 Å². The number of hydrogen-bond donors (Lipinski definition) is 1. The lowest BCUT2D eigenvalue weighted by atomic mass is 10.00. The van der Waals surface area contributed by atoms with Gasteiger partial charge in [0.15, 0.2) is 0 Å². The maximum absolute atomic E-state index is 9.71. The first-order chi connectivity index (χ1) is 15.5. The van der Waals surface area contributed by atoms with Gasteiger partial charge in [-0.2, -0.15) is 0 Å². The lowest BCUT2D eigenvalue weighted by Crippen LogP contribution is -2.52. The monoisotopic (exact) mass is 442 g/mol. The van der Waals surface area contributed by atoms with Gasteiger partial charge in [0.25, 0.3) is 0 Å². The van der Waals surface area contributed by atoms with Crippen molar-refractivity contribution in [3.8, 4) is 11.5 Å². The molecular weight excluding hydrogens is 404 g/mol. The van der Waals surface area contributed by atoms with Crippen LogP contribution >= 0.6 is 0 Å². The molecule has 0 aromatic heterocycles. The summed E-state index contributed by atoms with van der Waals surface area (Å²) in [7, 11) is 5.12. The van der Waals surface area contributed by atoms with Gasteiger partial charge >= 0.3 is 0 Å². The molecular formula is C26H38N2O4. The molecule has 1 fully saturated rings. The van der Waals surface area contributed by atoms with Crippen LogP contribution in [-0.4, -0.2) is 68.5 Å². The lowest BCUT2D eigenvalue weighted by molar-refractivity contribution is 0.0498. The van der Waals surface area contributed by atoms with Gasteiger partial charge in [-0.05, 0) is 60.7 Å². The molecule has 0 saturated carbocycles. The Kier molecular flexibility index (Phi) is 8.93. The molecule has 1 N–H and O–H groups in total. The van der Waals surface area contributed by atoms with Crippen molar-refractivity contribution in [2.45, 2.75) is 46.0 Å². The Morgan fingerprint density at radius 3 is 2.34 bits per heavy atom. The van der Waals surface area contributed by atoms with Crippen LogP contribution < -0.4 is 9.47 Å². The second-order valence-electron chi connectivity index (χ2n) is 8.63. The molecule has 6 nitrogen and oxygen atoms in total. The molecule has 1 atom stereocenters. The fourth-order valence-electron chi connectivity index (χ4n) is 4.65. The molecule has 0 amide bonds. The number of aliphatic hydroxyl groups is 1. The molecule has 1 aliphatic rings. The minimum atomic E-state index is 0.205. The molecule has 0 aliphatic carbocycles. The predicted molar refractivity (Wildman–Crippen MR) is 127 cm³/mol. The Hall–Kier alpha value is -2.12. The highest BCUT2D eigenvalue weighted by molar-refractivity contribution is 5.43. The largest absolute Gasteiger partial charge is 0.496 e. The van der Waals surface area contributed by atoms with Crippen molar-refractivity contribution in [3.63, 3.8) is 0 Å². The zero-order chi connectivity index (χ0) is 23.1. The first-order valence-corrected chi connectivity index (χ1v) is 11.4. The Morgan fingerprint density at radius 1 is 0.906 bits per heavy atom. The second-order valence-corrected chi connectivity index (χ2v) is 8.63. The van der Waals surface area contributed by atoms with Crippen LogP contribution in [0, 0.1) is 13.8 Å². The molecule has 0 bridgehead atoms. The summed E-state index contributed by atoms with van der Waals surface area (Å²) in [5.41, 5.74) is 6.16. The maximum atomic E-state index is 9.71. The van der Waals surface area contributed by atoms with Crippen LogP contribution in [0.5, 0.6) is 11.5 Å². The van der Waals surface area contributed by atoms with Gasteiger partial charge in [0, 0.05) is 58.0 Å². The van der Waals surface area contributed by atoms with E-state index in [1.165, 1.54) is 22.3 Å². The number of rotatable bonds is 10. The third-order valence-corrected chi connectivity index (χ3v) is 6.64. The molecule has 1 heterocycles. The van der Waals surface area contributed by atoms with Gasteiger partial charge < -0.3 is 19.3 Å². The number of nitrogens with zero attached hydrogens (tertiary/aromatic N) is 2. The molecule has 6 heteroatoms. The minimum Gasteiger partial charge on any atom is -0.496 e. The van der Waals surface area contributed by atoms with Gasteiger partial charge in [-0.15, -0.1) is 0 Å². The van der Waals surface area contributed by atoms with E-state index in [-0.39, 0.29) is 6.61 Å². The van der Waals surface area contributed by atoms with Crippen molar-refractivity contribution in [2.24, 2.45) is 0 Å². The summed E-state index contributed by atoms with van der Waals surface area (Å²) in [4.78, 5) is 5.01. The van der Waals surface area contributed by atoms with Crippen LogP contribution in [-0.2, 0) is 24.4 Å². The van der Waals surface area contributed by atoms with E-state index in [1.807, 2.05) is 6.07 Å². The summed E-state index contributed by atoms with van der Waals surface area (Å²) >= 11 is 0. The van der Waals surface area contributed by atoms with E-state index in [0.29, 0.717) is 12.6 Å². The van der Waals surface area contributed by atoms with Crippen molar-refractivity contribution < 1.29 is 19.3 Å². The molecule has 0 unspecified atom stereocenters. The zero-order valence-corrected chi connectivity index (χ0v) is 20.2. The zero-order valence-electron chi connectivity index (χ0n) is 20.2. The van der Waals surface area contributed by atoms with Gasteiger partial charge in [-0.3, -0.25) is 9.80 Å². The predicted octanol–water partition coefficient (Wildman–Crippen LogP) is 3.54. The van der Waals surface area contributed by atoms with Crippen LogP contribution in [0.25, 0.3) is 0 Å². The fraction of sp³-hybridized carbons (Fsp3) is 0.538. The number of ether oxygens (including phenoxy) is 3. The first kappa shape index (κ1) is 24.5. The molecule has 176 valence electrons. The average Bonchev–Trinajstić information content (AvgIpc) is 2.79. The van der Waals surface area contributed by atoms with Crippen LogP contribution in [0.3, 0.4) is 0 Å². The van der Waals surface area contributed by atoms with Crippen molar-refractivity contribution in [1.29, 1.82) is 0 Å². The van der Waals surface area contributed by atoms with Crippen LogP contribution in [0.2, 0.25) is 0 Å². The Balaban J connectivity index is 1.69. The van der Waals surface area contributed by atoms with E-state index in [4.69, 9.17) is 14.2 Å². The Labute approximate surface area is 192 Å². The van der Waals surface area contributed by atoms with Crippen molar-refractivity contribution in [3.05, 3.63) is 58.1 Å². The van der Waals surface area contributed by atoms with Gasteiger partial charge in [0.05, 0.1) is 20.8 Å². The fourth-order valence-corrected chi connectivity index (χ4v) is 4.65. The van der Waals surface area contributed by atoms with Gasteiger partial charge in [0.1, 0.15) is 11.5 Å². The summed E-state index contributed by atoms with van der Waals surface area (Å²) in [6, 6.07) is 10.9. The highest BCUT2D eigenvalue weighted by atomic mass is 16.5. The van der Waals surface area contributed by atoms with Crippen LogP contribution in [0.4, 0.5) is 0 Å². The second kappa shape index (κ2) is 11.7. The van der Waals surface area contributed by atoms with E-state index in [2.05, 4.69) is 47.9 Å². The smallest absolute Gasteiger partial charge is 0.124 e. The van der Waals surface area contributed by atoms with Crippen molar-refractivity contribution in [1.82, 2.24) is 9.80 Å². The van der Waals surface area contributed by atoms with E-state index in [0.717, 1.165) is 56.2 Å². The van der Waals surface area contributed by atoms with Crippen molar-refractivity contribution in [2.75, 3.05) is 47.6 Å². The summed E-state index contributed by atoms with van der Waals surface area (Å²) < 4.78 is 16.3. The highest BCUT2D eigenvalue weighted by Crippen LogP contribution is 2.27. The standard InChI is InChI=1S/C26H38N2O4/c1-19-20(2)25(31-4)9-7-22(19)16-28-12-11-27(17-24(28)10-13-29)15-21-6-8-26(32-5)23(14-21)18-30-3/h6-9,14,24,29H,10-13,15-18H2,1-5H3/t24-/m0/s1. The third kappa shape index (κ3) is 5.81. The van der Waals surface area contributed by atoms with E-state index in [1.54, 1.807) is 21.3 Å². The quantitative estimate of drug-likeness (QED) is 0.608. The molecule has 1 saturated heterocycles. The average molecular weight is 443 g/mol. The van der Waals surface area contributed by atoms with Gasteiger partial charge in [0.2, 0.25) is 0 Å². The summed E-state index contributed by atoms with van der Waals surface area (Å²) in [6.45, 7) is 9.75. The lowest BCUT2D eigenvalue weighted by Gasteiger charge is -2.42. The topological polar surface area (TPSA) is 54.4 Å². The number of piperazine rings is 1. The van der Waals surface area contributed by atoms with Crippen LogP contribution in [0.15, 0.2) is 30.3 Å². The van der Waals surface area contributed by atoms with Crippen LogP contribution in [0.1, 0.15) is 34.2 Å². The maximum Gasteiger partial charge on any atom is 0.124 e. The van der Waals surface area contributed by atoms with E-state index in [9.17, 15) is 5.11 Å². The molecule has 2 aromatic carbocycles. The molecule has 32 heavy (non-hydrogen) atoms. The summed E-state index contributed by atoms with van der Waals surface area (Å²) in [5.74, 6) is 1.80. The van der Waals surface area contributed by atoms with E-state index < -0.39 is 0 Å². The number of methoxy groups -OCH3 is 3. The summed E-state index contributed by atoms with van der Waals surface area (Å²) in [6.07, 6.45) is 0.780. The normalized spacial score (nSPS) is 17.5. The van der Waals surface area contributed by atoms with Crippen molar-refractivity contribution >= 4 is 0 Å². The minimum absolute atomic E-state index is 0.205. The molecule has 2 aromatic rings. The molecule has 0 radical (unpaired) electrons. The van der Waals surface area contributed by atoms with Gasteiger partial charge in [-0.1, -0.05) is 12.1 Å². The highest BCUT2D eigenvalue weighted by Gasteiger charge is 2.27. The van der Waals surface area contributed by atoms with Gasteiger partial charge in [-0.25, -0.2) is 0 Å². The molecule has 0 spiro atoms. The number of hydrogen-bond acceptors (Lipinski definition) is 6. The Bertz CT molecular complexity index is 886. The molecule has 3 rings (SSSR count). The first-order valence-electron chi connectivity index (χ1n) is 11.4. The third-order valence-electron chi connectivity index (χ3n) is 6.64.